The lowest BCUT2D eigenvalue weighted by Crippen LogP contribution is -2.29. The zero-order valence-corrected chi connectivity index (χ0v) is 58.5. The minimum atomic E-state index is -0.612. The van der Waals surface area contributed by atoms with Crippen LogP contribution in [-0.4, -0.2) is 0 Å². The molecule has 16 aromatic carbocycles. The smallest absolute Gasteiger partial charge is 0.135 e. The molecule has 4 aliphatic rings. The van der Waals surface area contributed by atoms with Crippen molar-refractivity contribution >= 4 is 56.1 Å². The predicted molar refractivity (Wildman–Crippen MR) is 434 cm³/mol. The van der Waals surface area contributed by atoms with Gasteiger partial charge >= 0.3 is 0 Å². The van der Waals surface area contributed by atoms with E-state index in [2.05, 4.69) is 395 Å². The Balaban J connectivity index is 0.739. The third-order valence-electron chi connectivity index (χ3n) is 23.7. The number of anilines is 6. The Kier molecular flexibility index (Phi) is 13.4. The van der Waals surface area contributed by atoms with E-state index in [0.717, 1.165) is 67.2 Å². The lowest BCUT2D eigenvalue weighted by atomic mass is 9.67. The van der Waals surface area contributed by atoms with Crippen LogP contribution in [0.15, 0.2) is 374 Å². The van der Waals surface area contributed by atoms with Gasteiger partial charge in [0, 0.05) is 44.9 Å². The van der Waals surface area contributed by atoms with Gasteiger partial charge in [-0.25, -0.2) is 0 Å². The molecule has 0 radical (unpaired) electrons. The van der Waals surface area contributed by atoms with Gasteiger partial charge in [-0.15, -0.1) is 0 Å². The third-order valence-corrected chi connectivity index (χ3v) is 23.7. The number of para-hydroxylation sites is 1. The first-order valence-electron chi connectivity index (χ1n) is 36.7. The summed E-state index contributed by atoms with van der Waals surface area (Å²) in [5.74, 6) is 0. The lowest BCUT2D eigenvalue weighted by Gasteiger charge is -2.36. The number of fused-ring (bicyclic) bond motifs is 19. The average Bonchev–Trinajstić information content (AvgIpc) is 1.56. The molecule has 0 saturated carbocycles. The maximum absolute atomic E-state index is 6.50. The molecule has 105 heavy (non-hydrogen) atoms. The van der Waals surface area contributed by atoms with Gasteiger partial charge in [0.05, 0.1) is 16.2 Å². The minimum absolute atomic E-state index is 0.504. The van der Waals surface area contributed by atoms with Gasteiger partial charge in [0.25, 0.3) is 0 Å². The zero-order valence-electron chi connectivity index (χ0n) is 58.5. The van der Waals surface area contributed by atoms with E-state index < -0.39 is 16.2 Å². The molecule has 1 spiro atoms. The van der Waals surface area contributed by atoms with Crippen LogP contribution >= 0.6 is 0 Å². The fourth-order valence-electron chi connectivity index (χ4n) is 19.3. The largest absolute Gasteiger partial charge is 0.456 e. The van der Waals surface area contributed by atoms with E-state index in [4.69, 9.17) is 4.42 Å². The zero-order chi connectivity index (χ0) is 69.7. The molecular weight excluding hydrogens is 1270 g/mol. The van der Waals surface area contributed by atoms with E-state index in [0.29, 0.717) is 0 Å². The molecule has 0 fully saturated rings. The summed E-state index contributed by atoms with van der Waals surface area (Å²) in [7, 11) is 0. The van der Waals surface area contributed by atoms with E-state index in [1.54, 1.807) is 0 Å². The second-order valence-electron chi connectivity index (χ2n) is 29.1. The van der Waals surface area contributed by atoms with Crippen molar-refractivity contribution in [2.24, 2.45) is 0 Å². The quantitative estimate of drug-likeness (QED) is 0.129. The monoisotopic (exact) mass is 1340 g/mol. The molecule has 0 unspecified atom stereocenters. The Morgan fingerprint density at radius 3 is 0.971 bits per heavy atom. The normalized spacial score (nSPS) is 13.9. The topological polar surface area (TPSA) is 19.6 Å². The molecule has 0 atom stereocenters. The lowest BCUT2D eigenvalue weighted by molar-refractivity contribution is 0.669. The van der Waals surface area contributed by atoms with Crippen molar-refractivity contribution in [1.82, 2.24) is 0 Å². The van der Waals surface area contributed by atoms with Crippen molar-refractivity contribution in [3.63, 3.8) is 0 Å². The Morgan fingerprint density at radius 2 is 0.524 bits per heavy atom. The van der Waals surface area contributed by atoms with Crippen molar-refractivity contribution in [1.29, 1.82) is 0 Å². The number of aryl methyl sites for hydroxylation is 3. The number of hydrogen-bond acceptors (Lipinski definition) is 3. The highest BCUT2D eigenvalue weighted by molar-refractivity contribution is 6.07. The van der Waals surface area contributed by atoms with Crippen LogP contribution in [-0.2, 0) is 16.2 Å². The van der Waals surface area contributed by atoms with Crippen molar-refractivity contribution in [3.8, 4) is 55.6 Å². The number of hydrogen-bond donors (Lipinski definition) is 0. The van der Waals surface area contributed by atoms with Crippen LogP contribution < -0.4 is 9.80 Å². The van der Waals surface area contributed by atoms with Crippen molar-refractivity contribution < 1.29 is 4.42 Å². The maximum Gasteiger partial charge on any atom is 0.135 e. The summed E-state index contributed by atoms with van der Waals surface area (Å²) in [6, 6.07) is 139. The summed E-state index contributed by atoms with van der Waals surface area (Å²) < 4.78 is 6.50. The summed E-state index contributed by atoms with van der Waals surface area (Å²) in [6.07, 6.45) is 0. The van der Waals surface area contributed by atoms with Gasteiger partial charge in [0.2, 0.25) is 0 Å². The van der Waals surface area contributed by atoms with Crippen LogP contribution in [0.1, 0.15) is 83.5 Å². The first-order chi connectivity index (χ1) is 51.8. The molecule has 3 heteroatoms. The van der Waals surface area contributed by atoms with Gasteiger partial charge in [-0.05, 0) is 234 Å². The van der Waals surface area contributed by atoms with Crippen molar-refractivity contribution in [2.45, 2.75) is 37.0 Å². The molecule has 21 rings (SSSR count). The molecule has 4 aliphatic carbocycles. The fourth-order valence-corrected chi connectivity index (χ4v) is 19.3. The Hall–Kier alpha value is -13.1. The van der Waals surface area contributed by atoms with Gasteiger partial charge in [0.15, 0.2) is 0 Å². The first-order valence-corrected chi connectivity index (χ1v) is 36.7. The predicted octanol–water partition coefficient (Wildman–Crippen LogP) is 26.2. The summed E-state index contributed by atoms with van der Waals surface area (Å²) in [4.78, 5) is 4.98. The van der Waals surface area contributed by atoms with Crippen LogP contribution in [0.25, 0.3) is 77.6 Å². The van der Waals surface area contributed by atoms with E-state index >= 15 is 0 Å². The van der Waals surface area contributed by atoms with Crippen LogP contribution in [0.5, 0.6) is 0 Å². The molecule has 0 amide bonds. The fraction of sp³-hybridized carbons (Fsp3) is 0.0588. The van der Waals surface area contributed by atoms with Crippen LogP contribution in [0, 0.1) is 20.8 Å². The minimum Gasteiger partial charge on any atom is -0.456 e. The van der Waals surface area contributed by atoms with Crippen LogP contribution in [0.3, 0.4) is 0 Å². The Labute approximate surface area is 612 Å². The maximum atomic E-state index is 6.50. The summed E-state index contributed by atoms with van der Waals surface area (Å²) in [6.45, 7) is 6.74. The molecule has 0 bridgehead atoms. The van der Waals surface area contributed by atoms with Gasteiger partial charge in [-0.2, -0.15) is 0 Å². The van der Waals surface area contributed by atoms with Crippen LogP contribution in [0.2, 0.25) is 0 Å². The molecule has 1 aromatic heterocycles. The van der Waals surface area contributed by atoms with Gasteiger partial charge in [-0.1, -0.05) is 296 Å². The van der Waals surface area contributed by atoms with Crippen molar-refractivity contribution in [3.05, 3.63) is 454 Å². The number of rotatable bonds is 11. The van der Waals surface area contributed by atoms with E-state index in [1.807, 2.05) is 6.07 Å². The molecule has 494 valence electrons. The molecule has 17 aromatic rings. The van der Waals surface area contributed by atoms with E-state index in [1.165, 1.54) is 128 Å². The van der Waals surface area contributed by atoms with E-state index in [9.17, 15) is 0 Å². The Morgan fingerprint density at radius 1 is 0.210 bits per heavy atom. The highest BCUT2D eigenvalue weighted by Gasteiger charge is 2.53. The summed E-state index contributed by atoms with van der Waals surface area (Å²) >= 11 is 0. The number of nitrogens with zero attached hydrogens (tertiary/aromatic N) is 2. The summed E-state index contributed by atoms with van der Waals surface area (Å²) in [5.41, 5.74) is 37.8. The average molecular weight is 1340 g/mol. The summed E-state index contributed by atoms with van der Waals surface area (Å²) in [5, 5.41) is 2.18. The third kappa shape index (κ3) is 8.67. The number of benzene rings is 16. The molecule has 1 heterocycles. The van der Waals surface area contributed by atoms with Gasteiger partial charge in [-0.3, -0.25) is 0 Å². The van der Waals surface area contributed by atoms with Gasteiger partial charge < -0.3 is 14.2 Å². The number of furan rings is 1. The highest BCUT2D eigenvalue weighted by Crippen LogP contribution is 2.65. The second kappa shape index (κ2) is 23.2. The van der Waals surface area contributed by atoms with Gasteiger partial charge in [0.1, 0.15) is 11.2 Å². The highest BCUT2D eigenvalue weighted by atomic mass is 16.3. The molecular formula is C102H70N2O. The SMILES string of the molecule is Cc1ccc2c(c1)C(c1ccccc1)(c1ccccc1)c1cc(N(c3ccc(-c4ccc(N(c5ccc6c(c5)C5(c7ccccc7-c7ccccc75)c5ccccc5-6)c5ccc6oc7ccccc7c6c5)cc4)c(C)c3)c3ccc4c(c3)C(c3ccccc3)(c3ccccc3)c3cc(C)ccc3-4)ccc1-2. The Bertz CT molecular complexity index is 6050. The molecule has 0 saturated heterocycles. The van der Waals surface area contributed by atoms with Crippen molar-refractivity contribution in [2.75, 3.05) is 9.80 Å². The molecule has 3 nitrogen and oxygen atoms in total. The molecule has 0 N–H and O–H groups in total. The second-order valence-corrected chi connectivity index (χ2v) is 29.1. The van der Waals surface area contributed by atoms with Crippen LogP contribution in [0.4, 0.5) is 34.1 Å². The standard InChI is InChI=1S/C102H70N2O/c1-65-40-51-83-86-55-48-77(62-95(86)100(93(83)58-65,69-24-8-4-9-25-69)70-26-10-5-11-27-70)104(78-49-56-87-84-52-41-66(2)59-94(84)101(96(87)63-78,71-28-12-6-13-29-71)72-30-14-7-15-31-72)74-46-53-79(67(3)60-74)68-42-44-73(45-43-68)103(75-50-57-99-89(61-75)88-35-19-23-39-98(88)105-99)76-47-54-85-82-34-18-22-38-92(82)102(97(85)64-76)90-36-20-16-32-80(90)81-33-17-21-37-91(81)102/h4-64H,1-3H3. The molecule has 0 aliphatic heterocycles. The van der Waals surface area contributed by atoms with E-state index in [-0.39, 0.29) is 0 Å². The first kappa shape index (κ1) is 60.7.